The highest BCUT2D eigenvalue weighted by molar-refractivity contribution is 6.30. The summed E-state index contributed by atoms with van der Waals surface area (Å²) in [7, 11) is 0. The van der Waals surface area contributed by atoms with Crippen molar-refractivity contribution in [1.29, 1.82) is 0 Å². The Hall–Kier alpha value is -7.42. The van der Waals surface area contributed by atoms with Crippen molar-refractivity contribution in [3.8, 4) is 44.5 Å². The normalized spacial score (nSPS) is 11.9. The van der Waals surface area contributed by atoms with Crippen molar-refractivity contribution >= 4 is 76.2 Å². The highest BCUT2D eigenvalue weighted by Gasteiger charge is 2.25. The first-order valence-corrected chi connectivity index (χ1v) is 19.2. The monoisotopic (exact) mass is 712 g/mol. The van der Waals surface area contributed by atoms with Crippen molar-refractivity contribution in [3.05, 3.63) is 194 Å². The molecule has 0 aliphatic heterocycles. The van der Waals surface area contributed by atoms with Gasteiger partial charge >= 0.3 is 0 Å². The third-order valence-electron chi connectivity index (χ3n) is 11.7. The summed E-state index contributed by atoms with van der Waals surface area (Å²) < 4.78 is 13.4. The molecule has 0 aliphatic carbocycles. The molecule has 0 unspecified atom stereocenters. The molecule has 260 valence electrons. The number of hydrogen-bond donors (Lipinski definition) is 0. The van der Waals surface area contributed by atoms with Crippen molar-refractivity contribution in [1.82, 2.24) is 0 Å². The van der Waals surface area contributed by atoms with Crippen LogP contribution in [0.15, 0.2) is 203 Å². The Morgan fingerprint density at radius 2 is 0.821 bits per heavy atom. The van der Waals surface area contributed by atoms with Crippen LogP contribution in [0.5, 0.6) is 0 Å². The van der Waals surface area contributed by atoms with E-state index in [4.69, 9.17) is 8.83 Å². The first kappa shape index (κ1) is 31.0. The Morgan fingerprint density at radius 3 is 1.55 bits per heavy atom. The highest BCUT2D eigenvalue weighted by Crippen LogP contribution is 2.51. The summed E-state index contributed by atoms with van der Waals surface area (Å²) in [5, 5.41) is 11.6. The highest BCUT2D eigenvalue weighted by atomic mass is 16.3. The molecule has 0 aliphatic rings. The van der Waals surface area contributed by atoms with Crippen LogP contribution in [0.4, 0.5) is 0 Å². The van der Waals surface area contributed by atoms with Crippen LogP contribution in [0.3, 0.4) is 0 Å². The first-order valence-electron chi connectivity index (χ1n) is 19.2. The average Bonchev–Trinajstić information content (AvgIpc) is 3.84. The minimum absolute atomic E-state index is 0.849. The van der Waals surface area contributed by atoms with E-state index in [1.165, 1.54) is 60.1 Å². The largest absolute Gasteiger partial charge is 0.456 e. The van der Waals surface area contributed by atoms with Crippen molar-refractivity contribution in [2.24, 2.45) is 0 Å². The zero-order valence-corrected chi connectivity index (χ0v) is 30.3. The zero-order valence-electron chi connectivity index (χ0n) is 30.3. The van der Waals surface area contributed by atoms with E-state index in [1.54, 1.807) is 0 Å². The quantitative estimate of drug-likeness (QED) is 0.170. The second kappa shape index (κ2) is 12.0. The molecular weight excluding hydrogens is 681 g/mol. The molecule has 2 nitrogen and oxygen atoms in total. The molecule has 12 rings (SSSR count). The van der Waals surface area contributed by atoms with E-state index in [-0.39, 0.29) is 0 Å². The standard InChI is InChI=1S/C54H32O2/c1-2-13-35(14-3-1)39-28-29-45-52-48(31-30-47-51(52)44-20-10-11-21-46(44)55-47)56-54(45)53(39)50-42-18-8-6-16-40(42)49(41-17-7-9-19-43(41)50)36-25-22-34(23-26-36)38-27-24-33-12-4-5-15-37(33)32-38/h1-32H. The van der Waals surface area contributed by atoms with Gasteiger partial charge in [0, 0.05) is 32.7 Å². The minimum Gasteiger partial charge on any atom is -0.456 e. The van der Waals surface area contributed by atoms with E-state index >= 15 is 0 Å². The number of furan rings is 2. The third kappa shape index (κ3) is 4.57. The number of para-hydroxylation sites is 1. The molecule has 2 heteroatoms. The molecule has 0 saturated heterocycles. The van der Waals surface area contributed by atoms with E-state index in [0.29, 0.717) is 0 Å². The van der Waals surface area contributed by atoms with Crippen LogP contribution in [-0.4, -0.2) is 0 Å². The molecule has 2 heterocycles. The average molecular weight is 713 g/mol. The van der Waals surface area contributed by atoms with Gasteiger partial charge < -0.3 is 8.83 Å². The van der Waals surface area contributed by atoms with Crippen molar-refractivity contribution < 1.29 is 8.83 Å². The van der Waals surface area contributed by atoms with Gasteiger partial charge in [-0.3, -0.25) is 0 Å². The SMILES string of the molecule is c1ccc(-c2ccc3c(oc4ccc5oc6ccccc6c5c43)c2-c2c3ccccc3c(-c3ccc(-c4ccc5ccccc5c4)cc3)c3ccccc23)cc1. The van der Waals surface area contributed by atoms with Crippen LogP contribution in [0.1, 0.15) is 0 Å². The van der Waals surface area contributed by atoms with E-state index in [0.717, 1.165) is 60.6 Å². The Bertz CT molecular complexity index is 3450. The lowest BCUT2D eigenvalue weighted by atomic mass is 9.83. The Kier molecular flexibility index (Phi) is 6.66. The predicted octanol–water partition coefficient (Wildman–Crippen LogP) is 15.6. The van der Waals surface area contributed by atoms with Gasteiger partial charge in [-0.2, -0.15) is 0 Å². The topological polar surface area (TPSA) is 26.3 Å². The van der Waals surface area contributed by atoms with Gasteiger partial charge in [-0.1, -0.05) is 164 Å². The summed E-state index contributed by atoms with van der Waals surface area (Å²) in [6.07, 6.45) is 0. The Balaban J connectivity index is 1.15. The first-order chi connectivity index (χ1) is 27.8. The number of rotatable bonds is 4. The fourth-order valence-corrected chi connectivity index (χ4v) is 9.16. The molecule has 0 fully saturated rings. The Morgan fingerprint density at radius 1 is 0.268 bits per heavy atom. The summed E-state index contributed by atoms with van der Waals surface area (Å²) in [6.45, 7) is 0. The maximum atomic E-state index is 7.08. The maximum Gasteiger partial charge on any atom is 0.143 e. The summed E-state index contributed by atoms with van der Waals surface area (Å²) >= 11 is 0. The number of fused-ring (bicyclic) bond motifs is 10. The summed E-state index contributed by atoms with van der Waals surface area (Å²) in [6, 6.07) is 69.8. The van der Waals surface area contributed by atoms with Crippen LogP contribution in [0.25, 0.3) is 121 Å². The van der Waals surface area contributed by atoms with E-state index in [9.17, 15) is 0 Å². The smallest absolute Gasteiger partial charge is 0.143 e. The van der Waals surface area contributed by atoms with E-state index < -0.39 is 0 Å². The lowest BCUT2D eigenvalue weighted by Gasteiger charge is -2.20. The molecule has 0 spiro atoms. The van der Waals surface area contributed by atoms with Gasteiger partial charge in [-0.05, 0) is 96.0 Å². The van der Waals surface area contributed by atoms with Crippen LogP contribution in [-0.2, 0) is 0 Å². The molecule has 0 radical (unpaired) electrons. The Labute approximate surface area is 322 Å². The fourth-order valence-electron chi connectivity index (χ4n) is 9.16. The van der Waals surface area contributed by atoms with E-state index in [1.807, 2.05) is 18.2 Å². The van der Waals surface area contributed by atoms with Gasteiger partial charge in [-0.25, -0.2) is 0 Å². The van der Waals surface area contributed by atoms with Gasteiger partial charge in [0.2, 0.25) is 0 Å². The van der Waals surface area contributed by atoms with Gasteiger partial charge in [0.1, 0.15) is 22.3 Å². The second-order valence-corrected chi connectivity index (χ2v) is 14.7. The molecule has 2 aromatic heterocycles. The maximum absolute atomic E-state index is 7.08. The van der Waals surface area contributed by atoms with E-state index in [2.05, 4.69) is 176 Å². The molecule has 0 N–H and O–H groups in total. The van der Waals surface area contributed by atoms with Gasteiger partial charge in [0.05, 0.1) is 0 Å². The number of benzene rings is 10. The molecule has 0 amide bonds. The van der Waals surface area contributed by atoms with Crippen LogP contribution < -0.4 is 0 Å². The molecule has 10 aromatic carbocycles. The summed E-state index contributed by atoms with van der Waals surface area (Å²) in [5.74, 6) is 0. The van der Waals surface area contributed by atoms with Gasteiger partial charge in [0.15, 0.2) is 0 Å². The molecule has 56 heavy (non-hydrogen) atoms. The van der Waals surface area contributed by atoms with Crippen LogP contribution in [0.2, 0.25) is 0 Å². The summed E-state index contributed by atoms with van der Waals surface area (Å²) in [5.41, 5.74) is 12.8. The van der Waals surface area contributed by atoms with Crippen molar-refractivity contribution in [3.63, 3.8) is 0 Å². The summed E-state index contributed by atoms with van der Waals surface area (Å²) in [4.78, 5) is 0. The fraction of sp³-hybridized carbons (Fsp3) is 0. The molecule has 12 aromatic rings. The molecule has 0 bridgehead atoms. The second-order valence-electron chi connectivity index (χ2n) is 14.7. The zero-order chi connectivity index (χ0) is 36.7. The molecular formula is C54H32O2. The van der Waals surface area contributed by atoms with Crippen molar-refractivity contribution in [2.45, 2.75) is 0 Å². The molecule has 0 saturated carbocycles. The third-order valence-corrected chi connectivity index (χ3v) is 11.7. The minimum atomic E-state index is 0.849. The lowest BCUT2D eigenvalue weighted by Crippen LogP contribution is -1.93. The van der Waals surface area contributed by atoms with Gasteiger partial charge in [0.25, 0.3) is 0 Å². The van der Waals surface area contributed by atoms with Gasteiger partial charge in [-0.15, -0.1) is 0 Å². The van der Waals surface area contributed by atoms with Crippen LogP contribution in [0, 0.1) is 0 Å². The lowest BCUT2D eigenvalue weighted by molar-refractivity contribution is 0.663. The van der Waals surface area contributed by atoms with Crippen molar-refractivity contribution in [2.75, 3.05) is 0 Å². The molecule has 0 atom stereocenters. The number of hydrogen-bond acceptors (Lipinski definition) is 2. The predicted molar refractivity (Wildman–Crippen MR) is 235 cm³/mol. The van der Waals surface area contributed by atoms with Crippen LogP contribution >= 0.6 is 0 Å².